The lowest BCUT2D eigenvalue weighted by atomic mass is 10.2. The van der Waals surface area contributed by atoms with E-state index in [9.17, 15) is 4.79 Å². The number of rotatable bonds is 7. The van der Waals surface area contributed by atoms with Gasteiger partial charge in [-0.1, -0.05) is 13.8 Å². The zero-order chi connectivity index (χ0) is 11.9. The first-order valence-electron chi connectivity index (χ1n) is 5.39. The summed E-state index contributed by atoms with van der Waals surface area (Å²) in [6.45, 7) is 10.5. The highest BCUT2D eigenvalue weighted by molar-refractivity contribution is 6.66. The van der Waals surface area contributed by atoms with Gasteiger partial charge in [-0.2, -0.15) is 0 Å². The fourth-order valence-electron chi connectivity index (χ4n) is 1.10. The van der Waals surface area contributed by atoms with Crippen LogP contribution >= 0.6 is 0 Å². The molecule has 0 aromatic carbocycles. The predicted molar refractivity (Wildman–Crippen MR) is 60.7 cm³/mol. The van der Waals surface area contributed by atoms with E-state index in [0.717, 1.165) is 0 Å². The molecule has 15 heavy (non-hydrogen) atoms. The van der Waals surface area contributed by atoms with Gasteiger partial charge in [-0.15, -0.1) is 0 Å². The Morgan fingerprint density at radius 1 is 1.20 bits per heavy atom. The molecule has 5 heteroatoms. The third-order valence-electron chi connectivity index (χ3n) is 1.85. The Balaban J connectivity index is 4.11. The number of ether oxygens (including phenoxy) is 1. The van der Waals surface area contributed by atoms with Crippen molar-refractivity contribution in [3.8, 4) is 0 Å². The van der Waals surface area contributed by atoms with Crippen LogP contribution in [0.4, 0.5) is 0 Å². The van der Waals surface area contributed by atoms with Crippen molar-refractivity contribution in [2.45, 2.75) is 34.2 Å². The van der Waals surface area contributed by atoms with Crippen LogP contribution in [-0.4, -0.2) is 34.0 Å². The molecule has 0 N–H and O–H groups in total. The van der Waals surface area contributed by atoms with Gasteiger partial charge in [0.1, 0.15) is 6.23 Å². The van der Waals surface area contributed by atoms with E-state index < -0.39 is 8.56 Å². The van der Waals surface area contributed by atoms with Crippen molar-refractivity contribution in [3.63, 3.8) is 0 Å². The summed E-state index contributed by atoms with van der Waals surface area (Å²) in [5.74, 6) is -0.306. The summed E-state index contributed by atoms with van der Waals surface area (Å²) in [7, 11) is -2.30. The Hall–Kier alpha value is -0.393. The zero-order valence-electron chi connectivity index (χ0n) is 10.3. The number of hydrogen-bond donors (Lipinski definition) is 0. The van der Waals surface area contributed by atoms with Gasteiger partial charge in [-0.25, -0.2) is 0 Å². The highest BCUT2D eigenvalue weighted by atomic mass is 28.4. The fourth-order valence-corrected chi connectivity index (χ4v) is 2.98. The summed E-state index contributed by atoms with van der Waals surface area (Å²) < 4.78 is 16.2. The maximum atomic E-state index is 11.3. The normalized spacial score (nSPS) is 11.9. The van der Waals surface area contributed by atoms with Crippen molar-refractivity contribution in [2.24, 2.45) is 5.92 Å². The smallest absolute Gasteiger partial charge is 0.373 e. The van der Waals surface area contributed by atoms with E-state index in [1.54, 1.807) is 0 Å². The number of hydrogen-bond acceptors (Lipinski definition) is 4. The van der Waals surface area contributed by atoms with Crippen molar-refractivity contribution in [2.75, 3.05) is 19.4 Å². The molecule has 0 aromatic rings. The summed E-state index contributed by atoms with van der Waals surface area (Å²) in [5, 5.41) is 0. The zero-order valence-corrected chi connectivity index (χ0v) is 11.3. The third-order valence-corrected chi connectivity index (χ3v) is 4.31. The molecular formula is C10H22O4Si. The highest BCUT2D eigenvalue weighted by Gasteiger charge is 2.33. The maximum absolute atomic E-state index is 11.3. The summed E-state index contributed by atoms with van der Waals surface area (Å²) in [5.41, 5.74) is 0. The predicted octanol–water partition coefficient (Wildman–Crippen LogP) is 1.87. The molecule has 0 bridgehead atoms. The summed E-state index contributed by atoms with van der Waals surface area (Å²) in [6.07, 6.45) is 0.270. The van der Waals surface area contributed by atoms with Crippen LogP contribution in [-0.2, 0) is 18.4 Å². The van der Waals surface area contributed by atoms with E-state index in [-0.39, 0.29) is 18.1 Å². The Kier molecular flexibility index (Phi) is 6.79. The number of esters is 1. The standard InChI is InChI=1S/C10H22O4Si/c1-6-13-15(5,14-7-2)8-12-10(11)9(3)4/h9H,6-8H2,1-5H3. The monoisotopic (exact) mass is 234 g/mol. The molecule has 0 aliphatic rings. The minimum atomic E-state index is -2.30. The second-order valence-corrected chi connectivity index (χ2v) is 6.90. The van der Waals surface area contributed by atoms with Crippen LogP contribution in [0, 0.1) is 5.92 Å². The second-order valence-electron chi connectivity index (χ2n) is 3.76. The van der Waals surface area contributed by atoms with Crippen LogP contribution in [0.15, 0.2) is 0 Å². The van der Waals surface area contributed by atoms with Gasteiger partial charge in [0.2, 0.25) is 0 Å². The molecule has 0 atom stereocenters. The van der Waals surface area contributed by atoms with Crippen molar-refractivity contribution in [3.05, 3.63) is 0 Å². The molecule has 0 saturated heterocycles. The van der Waals surface area contributed by atoms with E-state index in [2.05, 4.69) is 0 Å². The Labute approximate surface area is 93.2 Å². The van der Waals surface area contributed by atoms with Crippen molar-refractivity contribution < 1.29 is 18.4 Å². The first-order chi connectivity index (χ1) is 6.95. The van der Waals surface area contributed by atoms with Gasteiger partial charge in [0, 0.05) is 13.2 Å². The maximum Gasteiger partial charge on any atom is 0.373 e. The molecule has 0 fully saturated rings. The summed E-state index contributed by atoms with van der Waals surface area (Å²) >= 11 is 0. The highest BCUT2D eigenvalue weighted by Crippen LogP contribution is 2.09. The fraction of sp³-hybridized carbons (Fsp3) is 0.900. The van der Waals surface area contributed by atoms with Gasteiger partial charge in [-0.05, 0) is 20.4 Å². The van der Waals surface area contributed by atoms with Crippen molar-refractivity contribution >= 4 is 14.5 Å². The van der Waals surface area contributed by atoms with Crippen LogP contribution in [0.5, 0.6) is 0 Å². The number of carbonyl (C=O) groups excluding carboxylic acids is 1. The molecule has 4 nitrogen and oxygen atoms in total. The lowest BCUT2D eigenvalue weighted by molar-refractivity contribution is -0.146. The minimum absolute atomic E-state index is 0.105. The molecule has 0 rings (SSSR count). The molecule has 0 saturated carbocycles. The molecule has 0 spiro atoms. The molecule has 0 amide bonds. The van der Waals surface area contributed by atoms with Crippen molar-refractivity contribution in [1.82, 2.24) is 0 Å². The minimum Gasteiger partial charge on any atom is -0.464 e. The second kappa shape index (κ2) is 6.98. The lowest BCUT2D eigenvalue weighted by Crippen LogP contribution is -2.45. The largest absolute Gasteiger partial charge is 0.464 e. The lowest BCUT2D eigenvalue weighted by Gasteiger charge is -2.25. The third kappa shape index (κ3) is 5.91. The summed E-state index contributed by atoms with van der Waals surface area (Å²) in [4.78, 5) is 11.3. The molecule has 0 aliphatic carbocycles. The SMILES string of the molecule is CCO[Si](C)(COC(=O)C(C)C)OCC. The Morgan fingerprint density at radius 2 is 1.67 bits per heavy atom. The van der Waals surface area contributed by atoms with Gasteiger partial charge in [0.25, 0.3) is 0 Å². The topological polar surface area (TPSA) is 44.8 Å². The van der Waals surface area contributed by atoms with E-state index in [1.807, 2.05) is 34.2 Å². The van der Waals surface area contributed by atoms with Crippen LogP contribution in [0.3, 0.4) is 0 Å². The first-order valence-corrected chi connectivity index (χ1v) is 7.92. The van der Waals surface area contributed by atoms with Crippen molar-refractivity contribution in [1.29, 1.82) is 0 Å². The molecule has 0 aromatic heterocycles. The molecule has 0 heterocycles. The van der Waals surface area contributed by atoms with E-state index >= 15 is 0 Å². The molecule has 0 aliphatic heterocycles. The van der Waals surface area contributed by atoms with Crippen LogP contribution < -0.4 is 0 Å². The van der Waals surface area contributed by atoms with Gasteiger partial charge < -0.3 is 13.6 Å². The van der Waals surface area contributed by atoms with E-state index in [1.165, 1.54) is 0 Å². The number of carbonyl (C=O) groups is 1. The molecular weight excluding hydrogens is 212 g/mol. The van der Waals surface area contributed by atoms with Gasteiger partial charge in [-0.3, -0.25) is 4.79 Å². The van der Waals surface area contributed by atoms with Gasteiger partial charge in [0.05, 0.1) is 5.92 Å². The summed E-state index contributed by atoms with van der Waals surface area (Å²) in [6, 6.07) is 0. The van der Waals surface area contributed by atoms with Crippen LogP contribution in [0.25, 0.3) is 0 Å². The molecule has 0 radical (unpaired) electrons. The average Bonchev–Trinajstić information content (AvgIpc) is 2.15. The first kappa shape index (κ1) is 14.6. The molecule has 0 unspecified atom stereocenters. The molecule has 90 valence electrons. The van der Waals surface area contributed by atoms with E-state index in [4.69, 9.17) is 13.6 Å². The van der Waals surface area contributed by atoms with Crippen LogP contribution in [0.2, 0.25) is 6.55 Å². The van der Waals surface area contributed by atoms with Crippen LogP contribution in [0.1, 0.15) is 27.7 Å². The average molecular weight is 234 g/mol. The van der Waals surface area contributed by atoms with E-state index in [0.29, 0.717) is 13.2 Å². The van der Waals surface area contributed by atoms with Gasteiger partial charge in [0.15, 0.2) is 0 Å². The quantitative estimate of drug-likeness (QED) is 0.498. The Bertz CT molecular complexity index is 188. The Morgan fingerprint density at radius 3 is 2.00 bits per heavy atom. The van der Waals surface area contributed by atoms with Gasteiger partial charge >= 0.3 is 14.5 Å².